The molecule has 112 valence electrons. The molecule has 1 atom stereocenters. The van der Waals surface area contributed by atoms with Gasteiger partial charge in [0.05, 0.1) is 6.04 Å². The summed E-state index contributed by atoms with van der Waals surface area (Å²) >= 11 is 0. The molecule has 1 aromatic heterocycles. The molecule has 21 heavy (non-hydrogen) atoms. The Morgan fingerprint density at radius 1 is 1.33 bits per heavy atom. The van der Waals surface area contributed by atoms with E-state index in [2.05, 4.69) is 20.5 Å². The van der Waals surface area contributed by atoms with Crippen molar-refractivity contribution in [3.05, 3.63) is 47.5 Å². The lowest BCUT2D eigenvalue weighted by molar-refractivity contribution is 0.132. The third-order valence-corrected chi connectivity index (χ3v) is 3.05. The Labute approximate surface area is 123 Å². The highest BCUT2D eigenvalue weighted by atomic mass is 16.5. The van der Waals surface area contributed by atoms with Crippen molar-refractivity contribution in [2.24, 2.45) is 5.92 Å². The van der Waals surface area contributed by atoms with Gasteiger partial charge in [-0.25, -0.2) is 9.78 Å². The molecule has 2 rings (SSSR count). The smallest absolute Gasteiger partial charge is 0.408 e. The van der Waals surface area contributed by atoms with Gasteiger partial charge >= 0.3 is 6.09 Å². The van der Waals surface area contributed by atoms with E-state index in [0.29, 0.717) is 5.82 Å². The van der Waals surface area contributed by atoms with Crippen LogP contribution in [0.5, 0.6) is 0 Å². The number of aromatic nitrogens is 3. The first-order chi connectivity index (χ1) is 10.1. The second-order valence-electron chi connectivity index (χ2n) is 5.21. The van der Waals surface area contributed by atoms with E-state index >= 15 is 0 Å². The number of rotatable bonds is 5. The number of carbonyl (C=O) groups is 1. The highest BCUT2D eigenvalue weighted by Crippen LogP contribution is 2.18. The van der Waals surface area contributed by atoms with E-state index in [4.69, 9.17) is 4.74 Å². The number of alkyl carbamates (subject to hydrolysis) is 1. The predicted molar refractivity (Wildman–Crippen MR) is 78.5 cm³/mol. The Hall–Kier alpha value is -2.37. The summed E-state index contributed by atoms with van der Waals surface area (Å²) in [7, 11) is 0. The highest BCUT2D eigenvalue weighted by Gasteiger charge is 2.22. The molecule has 0 spiro atoms. The van der Waals surface area contributed by atoms with Crippen LogP contribution in [0.25, 0.3) is 0 Å². The number of hydrogen-bond donors (Lipinski definition) is 2. The van der Waals surface area contributed by atoms with Gasteiger partial charge in [0.1, 0.15) is 12.4 Å². The molecule has 6 nitrogen and oxygen atoms in total. The summed E-state index contributed by atoms with van der Waals surface area (Å²) in [4.78, 5) is 16.2. The van der Waals surface area contributed by atoms with Gasteiger partial charge in [-0.2, -0.15) is 5.10 Å². The number of amides is 1. The van der Waals surface area contributed by atoms with E-state index in [0.717, 1.165) is 11.4 Å². The van der Waals surface area contributed by atoms with Crippen molar-refractivity contribution in [1.29, 1.82) is 0 Å². The number of benzene rings is 1. The van der Waals surface area contributed by atoms with Crippen LogP contribution in [-0.2, 0) is 11.3 Å². The Balaban J connectivity index is 1.93. The summed E-state index contributed by atoms with van der Waals surface area (Å²) in [5, 5.41) is 9.69. The maximum absolute atomic E-state index is 11.9. The molecular weight excluding hydrogens is 268 g/mol. The van der Waals surface area contributed by atoms with Crippen LogP contribution in [0.3, 0.4) is 0 Å². The van der Waals surface area contributed by atoms with Gasteiger partial charge in [0.2, 0.25) is 0 Å². The van der Waals surface area contributed by atoms with Crippen molar-refractivity contribution in [1.82, 2.24) is 20.5 Å². The highest BCUT2D eigenvalue weighted by molar-refractivity contribution is 5.67. The number of hydrogen-bond acceptors (Lipinski definition) is 4. The first-order valence-electron chi connectivity index (χ1n) is 6.92. The van der Waals surface area contributed by atoms with Crippen molar-refractivity contribution in [2.75, 3.05) is 0 Å². The van der Waals surface area contributed by atoms with E-state index < -0.39 is 6.09 Å². The van der Waals surface area contributed by atoms with Crippen molar-refractivity contribution >= 4 is 6.09 Å². The topological polar surface area (TPSA) is 79.9 Å². The Bertz CT molecular complexity index is 580. The molecular formula is C15H20N4O2. The van der Waals surface area contributed by atoms with Crippen LogP contribution in [0.4, 0.5) is 4.79 Å². The molecule has 0 radical (unpaired) electrons. The lowest BCUT2D eigenvalue weighted by Crippen LogP contribution is -2.33. The maximum atomic E-state index is 11.9. The Morgan fingerprint density at radius 2 is 2.05 bits per heavy atom. The van der Waals surface area contributed by atoms with Crippen LogP contribution in [0.15, 0.2) is 30.3 Å². The zero-order valence-electron chi connectivity index (χ0n) is 12.5. The number of H-pyrrole nitrogens is 1. The van der Waals surface area contributed by atoms with E-state index in [-0.39, 0.29) is 18.6 Å². The lowest BCUT2D eigenvalue weighted by atomic mass is 10.0. The standard InChI is InChI=1S/C15H20N4O2/c1-10(2)13(14-16-11(3)18-19-14)17-15(20)21-9-12-7-5-4-6-8-12/h4-8,10,13H,9H2,1-3H3,(H,17,20)(H,16,18,19)/t13-/m0/s1. The van der Waals surface area contributed by atoms with Crippen LogP contribution in [0.1, 0.15) is 37.1 Å². The summed E-state index contributed by atoms with van der Waals surface area (Å²) in [5.41, 5.74) is 0.947. The SMILES string of the molecule is Cc1nc([C@@H](NC(=O)OCc2ccccc2)C(C)C)n[nH]1. The van der Waals surface area contributed by atoms with Gasteiger partial charge in [0.15, 0.2) is 5.82 Å². The molecule has 2 aromatic rings. The minimum atomic E-state index is -0.472. The van der Waals surface area contributed by atoms with Crippen molar-refractivity contribution in [3.63, 3.8) is 0 Å². The second-order valence-corrected chi connectivity index (χ2v) is 5.21. The van der Waals surface area contributed by atoms with E-state index in [1.54, 1.807) is 0 Å². The average Bonchev–Trinajstić information content (AvgIpc) is 2.89. The average molecular weight is 288 g/mol. The molecule has 2 N–H and O–H groups in total. The Kier molecular flexibility index (Phi) is 4.92. The molecule has 0 saturated carbocycles. The molecule has 0 aliphatic carbocycles. The van der Waals surface area contributed by atoms with Crippen molar-refractivity contribution in [3.8, 4) is 0 Å². The molecule has 6 heteroatoms. The molecule has 1 aromatic carbocycles. The van der Waals surface area contributed by atoms with Gasteiger partial charge in [-0.3, -0.25) is 5.10 Å². The quantitative estimate of drug-likeness (QED) is 0.886. The normalized spacial score (nSPS) is 12.2. The largest absolute Gasteiger partial charge is 0.445 e. The van der Waals surface area contributed by atoms with Gasteiger partial charge < -0.3 is 10.1 Å². The summed E-state index contributed by atoms with van der Waals surface area (Å²) < 4.78 is 5.22. The molecule has 0 unspecified atom stereocenters. The lowest BCUT2D eigenvalue weighted by Gasteiger charge is -2.19. The number of ether oxygens (including phenoxy) is 1. The number of aryl methyl sites for hydroxylation is 1. The van der Waals surface area contributed by atoms with Crippen LogP contribution < -0.4 is 5.32 Å². The van der Waals surface area contributed by atoms with Gasteiger partial charge in [-0.15, -0.1) is 0 Å². The van der Waals surface area contributed by atoms with E-state index in [1.807, 2.05) is 51.1 Å². The minimum absolute atomic E-state index is 0.157. The molecule has 0 fully saturated rings. The second kappa shape index (κ2) is 6.88. The summed E-state index contributed by atoms with van der Waals surface area (Å²) in [6.45, 7) is 6.05. The van der Waals surface area contributed by atoms with Crippen LogP contribution >= 0.6 is 0 Å². The number of aromatic amines is 1. The van der Waals surface area contributed by atoms with Gasteiger partial charge in [0, 0.05) is 0 Å². The maximum Gasteiger partial charge on any atom is 0.408 e. The van der Waals surface area contributed by atoms with Crippen LogP contribution in [0, 0.1) is 12.8 Å². The fraction of sp³-hybridized carbons (Fsp3) is 0.400. The number of carbonyl (C=O) groups excluding carboxylic acids is 1. The zero-order valence-corrected chi connectivity index (χ0v) is 12.5. The van der Waals surface area contributed by atoms with Crippen LogP contribution in [-0.4, -0.2) is 21.3 Å². The monoisotopic (exact) mass is 288 g/mol. The fourth-order valence-corrected chi connectivity index (χ4v) is 1.92. The fourth-order valence-electron chi connectivity index (χ4n) is 1.92. The van der Waals surface area contributed by atoms with E-state index in [1.165, 1.54) is 0 Å². The summed E-state index contributed by atoms with van der Waals surface area (Å²) in [5.74, 6) is 1.44. The molecule has 1 amide bonds. The van der Waals surface area contributed by atoms with Gasteiger partial charge in [-0.1, -0.05) is 44.2 Å². The molecule has 0 saturated heterocycles. The Morgan fingerprint density at radius 3 is 2.62 bits per heavy atom. The zero-order chi connectivity index (χ0) is 15.2. The third kappa shape index (κ3) is 4.30. The van der Waals surface area contributed by atoms with Crippen LogP contribution in [0.2, 0.25) is 0 Å². The molecule has 0 aliphatic heterocycles. The number of nitrogens with zero attached hydrogens (tertiary/aromatic N) is 2. The van der Waals surface area contributed by atoms with Gasteiger partial charge in [-0.05, 0) is 18.4 Å². The van der Waals surface area contributed by atoms with E-state index in [9.17, 15) is 4.79 Å². The van der Waals surface area contributed by atoms with Crippen molar-refractivity contribution < 1.29 is 9.53 Å². The predicted octanol–water partition coefficient (Wildman–Crippen LogP) is 2.74. The first kappa shape index (κ1) is 15.0. The minimum Gasteiger partial charge on any atom is -0.445 e. The van der Waals surface area contributed by atoms with Crippen molar-refractivity contribution in [2.45, 2.75) is 33.4 Å². The third-order valence-electron chi connectivity index (χ3n) is 3.05. The molecule has 0 bridgehead atoms. The first-order valence-corrected chi connectivity index (χ1v) is 6.92. The number of nitrogens with one attached hydrogen (secondary N) is 2. The summed E-state index contributed by atoms with van der Waals surface area (Å²) in [6.07, 6.45) is -0.472. The van der Waals surface area contributed by atoms with Gasteiger partial charge in [0.25, 0.3) is 0 Å². The molecule has 1 heterocycles. The molecule has 0 aliphatic rings. The summed E-state index contributed by atoms with van der Waals surface area (Å²) in [6, 6.07) is 9.27.